The molecule has 1 rings (SSSR count). The maximum Gasteiger partial charge on any atom is 0.307 e. The van der Waals surface area contributed by atoms with Gasteiger partial charge in [-0.05, 0) is 30.5 Å². The second kappa shape index (κ2) is 45.1. The first-order valence-electron chi connectivity index (χ1n) is 21.0. The highest BCUT2D eigenvalue weighted by molar-refractivity contribution is 5.69. The monoisotopic (exact) mass is 821 g/mol. The molecule has 15 heteroatoms. The van der Waals surface area contributed by atoms with Crippen molar-refractivity contribution in [2.45, 2.75) is 58.3 Å². The summed E-state index contributed by atoms with van der Waals surface area (Å²) >= 11 is 0. The molecule has 334 valence electrons. The number of hydrogen-bond donors (Lipinski definition) is 0. The molecule has 0 aliphatic rings. The van der Waals surface area contributed by atoms with E-state index < -0.39 is 0 Å². The highest BCUT2D eigenvalue weighted by Crippen LogP contribution is 2.15. The standard InChI is InChI=1S/C42H76O15/c1-3-4-5-6-7-8-9-40-10-12-41(13-11-40)57-39-38-56-37-36-55-35-34-54-33-32-53-31-30-52-29-28-51-27-26-50-25-24-49-23-22-48-21-20-47-19-18-46-17-16-45-15-14-42(43)44-2/h10-13H,3-9,14-39H2,1-2H3. The molecule has 0 unspecified atom stereocenters. The van der Waals surface area contributed by atoms with Crippen LogP contribution < -0.4 is 4.74 Å². The summed E-state index contributed by atoms with van der Waals surface area (Å²) in [4.78, 5) is 10.9. The van der Waals surface area contributed by atoms with Crippen molar-refractivity contribution in [3.63, 3.8) is 0 Å². The van der Waals surface area contributed by atoms with Gasteiger partial charge in [-0.3, -0.25) is 4.79 Å². The van der Waals surface area contributed by atoms with Crippen LogP contribution in [0, 0.1) is 0 Å². The van der Waals surface area contributed by atoms with Gasteiger partial charge in [-0.15, -0.1) is 0 Å². The van der Waals surface area contributed by atoms with Crippen LogP contribution in [0.5, 0.6) is 5.75 Å². The average molecular weight is 821 g/mol. The highest BCUT2D eigenvalue weighted by atomic mass is 16.6. The van der Waals surface area contributed by atoms with E-state index in [0.29, 0.717) is 165 Å². The molecule has 0 atom stereocenters. The van der Waals surface area contributed by atoms with Crippen LogP contribution in [0.2, 0.25) is 0 Å². The van der Waals surface area contributed by atoms with E-state index >= 15 is 0 Å². The van der Waals surface area contributed by atoms with Crippen molar-refractivity contribution < 1.29 is 71.1 Å². The number of aryl methyl sites for hydroxylation is 1. The number of rotatable bonds is 47. The normalized spacial score (nSPS) is 11.4. The van der Waals surface area contributed by atoms with Crippen LogP contribution in [0.1, 0.15) is 57.4 Å². The minimum Gasteiger partial charge on any atom is -0.491 e. The minimum atomic E-state index is -0.286. The molecule has 0 aliphatic carbocycles. The summed E-state index contributed by atoms with van der Waals surface area (Å²) in [6.45, 7) is 14.5. The quantitative estimate of drug-likeness (QED) is 0.0659. The molecule has 0 bridgehead atoms. The molecule has 0 heterocycles. The van der Waals surface area contributed by atoms with Crippen LogP contribution in [0.25, 0.3) is 0 Å². The Labute approximate surface area is 342 Å². The van der Waals surface area contributed by atoms with Gasteiger partial charge in [0.15, 0.2) is 0 Å². The zero-order valence-corrected chi connectivity index (χ0v) is 35.3. The molecule has 0 N–H and O–H groups in total. The van der Waals surface area contributed by atoms with Gasteiger partial charge in [0.05, 0.1) is 172 Å². The largest absolute Gasteiger partial charge is 0.491 e. The Morgan fingerprint density at radius 1 is 0.386 bits per heavy atom. The number of ether oxygens (including phenoxy) is 14. The number of carbonyl (C=O) groups excluding carboxylic acids is 1. The second-order valence-corrected chi connectivity index (χ2v) is 12.7. The van der Waals surface area contributed by atoms with Crippen LogP contribution in [0.3, 0.4) is 0 Å². The summed E-state index contributed by atoms with van der Waals surface area (Å²) in [5.41, 5.74) is 1.37. The fraction of sp³-hybridized carbons (Fsp3) is 0.833. The van der Waals surface area contributed by atoms with Crippen molar-refractivity contribution in [2.24, 2.45) is 0 Å². The van der Waals surface area contributed by atoms with E-state index in [2.05, 4.69) is 23.8 Å². The van der Waals surface area contributed by atoms with Crippen molar-refractivity contribution in [3.05, 3.63) is 29.8 Å². The molecule has 1 aromatic carbocycles. The predicted octanol–water partition coefficient (Wildman–Crippen LogP) is 4.73. The lowest BCUT2D eigenvalue weighted by Crippen LogP contribution is -2.15. The lowest BCUT2D eigenvalue weighted by molar-refractivity contribution is -0.141. The van der Waals surface area contributed by atoms with Gasteiger partial charge in [-0.2, -0.15) is 0 Å². The second-order valence-electron chi connectivity index (χ2n) is 12.7. The molecule has 0 saturated heterocycles. The molecule has 15 nitrogen and oxygen atoms in total. The van der Waals surface area contributed by atoms with E-state index in [-0.39, 0.29) is 12.4 Å². The van der Waals surface area contributed by atoms with Crippen LogP contribution in [-0.2, 0) is 72.8 Å². The van der Waals surface area contributed by atoms with E-state index in [9.17, 15) is 4.79 Å². The van der Waals surface area contributed by atoms with Crippen LogP contribution in [-0.4, -0.2) is 178 Å². The Hall–Kier alpha value is -1.99. The summed E-state index contributed by atoms with van der Waals surface area (Å²) in [7, 11) is 1.35. The summed E-state index contributed by atoms with van der Waals surface area (Å²) in [5.74, 6) is 0.595. The number of hydrogen-bond acceptors (Lipinski definition) is 15. The van der Waals surface area contributed by atoms with Crippen molar-refractivity contribution in [1.82, 2.24) is 0 Å². The van der Waals surface area contributed by atoms with E-state index in [4.69, 9.17) is 61.6 Å². The average Bonchev–Trinajstić information content (AvgIpc) is 3.23. The van der Waals surface area contributed by atoms with E-state index in [1.807, 2.05) is 12.1 Å². The van der Waals surface area contributed by atoms with Crippen molar-refractivity contribution in [2.75, 3.05) is 172 Å². The number of unbranched alkanes of at least 4 members (excludes halogenated alkanes) is 5. The Balaban J connectivity index is 1.66. The maximum absolute atomic E-state index is 10.9. The van der Waals surface area contributed by atoms with E-state index in [1.54, 1.807) is 0 Å². The predicted molar refractivity (Wildman–Crippen MR) is 215 cm³/mol. The third kappa shape index (κ3) is 40.6. The molecular weight excluding hydrogens is 744 g/mol. The Morgan fingerprint density at radius 2 is 0.684 bits per heavy atom. The number of carbonyl (C=O) groups is 1. The smallest absolute Gasteiger partial charge is 0.307 e. The molecule has 0 spiro atoms. The third-order valence-electron chi connectivity index (χ3n) is 8.01. The van der Waals surface area contributed by atoms with Gasteiger partial charge in [0.25, 0.3) is 0 Å². The molecule has 0 radical (unpaired) electrons. The van der Waals surface area contributed by atoms with E-state index in [1.165, 1.54) is 51.2 Å². The molecule has 0 aliphatic heterocycles. The zero-order valence-electron chi connectivity index (χ0n) is 35.3. The summed E-state index contributed by atoms with van der Waals surface area (Å²) in [5, 5.41) is 0. The van der Waals surface area contributed by atoms with Crippen molar-refractivity contribution in [1.29, 1.82) is 0 Å². The first-order valence-corrected chi connectivity index (χ1v) is 21.0. The van der Waals surface area contributed by atoms with Crippen LogP contribution in [0.15, 0.2) is 24.3 Å². The molecule has 0 aromatic heterocycles. The third-order valence-corrected chi connectivity index (χ3v) is 8.01. The number of benzene rings is 1. The molecule has 1 aromatic rings. The molecular formula is C42H76O15. The van der Waals surface area contributed by atoms with Crippen LogP contribution >= 0.6 is 0 Å². The van der Waals surface area contributed by atoms with Gasteiger partial charge >= 0.3 is 5.97 Å². The lowest BCUT2D eigenvalue weighted by Gasteiger charge is -2.09. The van der Waals surface area contributed by atoms with E-state index in [0.717, 1.165) is 12.2 Å². The summed E-state index contributed by atoms with van der Waals surface area (Å²) < 4.78 is 76.0. The van der Waals surface area contributed by atoms with Gasteiger partial charge in [-0.1, -0.05) is 51.2 Å². The first kappa shape index (κ1) is 53.0. The first-order chi connectivity index (χ1) is 28.3. The zero-order chi connectivity index (χ0) is 40.8. The Morgan fingerprint density at radius 3 is 1.02 bits per heavy atom. The van der Waals surface area contributed by atoms with Gasteiger partial charge in [-0.25, -0.2) is 0 Å². The molecule has 0 saturated carbocycles. The lowest BCUT2D eigenvalue weighted by atomic mass is 10.0. The summed E-state index contributed by atoms with van der Waals surface area (Å²) in [6.07, 6.45) is 9.31. The fourth-order valence-electron chi connectivity index (χ4n) is 4.86. The fourth-order valence-corrected chi connectivity index (χ4v) is 4.86. The summed E-state index contributed by atoms with van der Waals surface area (Å²) in [6, 6.07) is 8.43. The van der Waals surface area contributed by atoms with Crippen molar-refractivity contribution in [3.8, 4) is 5.75 Å². The maximum atomic E-state index is 10.9. The minimum absolute atomic E-state index is 0.243. The Bertz CT molecular complexity index is 941. The molecule has 0 fully saturated rings. The topological polar surface area (TPSA) is 146 Å². The van der Waals surface area contributed by atoms with Gasteiger partial charge < -0.3 is 66.3 Å². The molecule has 57 heavy (non-hydrogen) atoms. The number of methoxy groups -OCH3 is 1. The SMILES string of the molecule is CCCCCCCCc1ccc(OCCOCCOCCOCCOCCOCCOCCOCCOCCOCCOCCOCCOCCC(=O)OC)cc1. The van der Waals surface area contributed by atoms with Crippen LogP contribution in [0.4, 0.5) is 0 Å². The van der Waals surface area contributed by atoms with Gasteiger partial charge in [0, 0.05) is 0 Å². The Kier molecular flexibility index (Phi) is 42.0. The number of esters is 1. The molecule has 0 amide bonds. The van der Waals surface area contributed by atoms with Gasteiger partial charge in [0.1, 0.15) is 12.4 Å². The van der Waals surface area contributed by atoms with Crippen molar-refractivity contribution >= 4 is 5.97 Å². The van der Waals surface area contributed by atoms with Gasteiger partial charge in [0.2, 0.25) is 0 Å². The highest BCUT2D eigenvalue weighted by Gasteiger charge is 2.01.